The maximum atomic E-state index is 13.8. The minimum absolute atomic E-state index is 0.0317. The fourth-order valence-electron chi connectivity index (χ4n) is 2.98. The quantitative estimate of drug-likeness (QED) is 0.353. The molecule has 0 amide bonds. The number of hydrogen-bond acceptors (Lipinski definition) is 8. The zero-order valence-electron chi connectivity index (χ0n) is 15.6. The maximum Gasteiger partial charge on any atom is 0.325 e. The van der Waals surface area contributed by atoms with E-state index in [1.165, 1.54) is 22.8 Å². The summed E-state index contributed by atoms with van der Waals surface area (Å²) in [6.07, 6.45) is 5.28. The van der Waals surface area contributed by atoms with Crippen LogP contribution in [0.5, 0.6) is 11.9 Å². The summed E-state index contributed by atoms with van der Waals surface area (Å²) in [7, 11) is 0. The molecule has 4 N–H and O–H groups in total. The van der Waals surface area contributed by atoms with E-state index >= 15 is 0 Å². The first-order valence-electron chi connectivity index (χ1n) is 9.30. The molecule has 0 spiro atoms. The average Bonchev–Trinajstić information content (AvgIpc) is 3.36. The molecule has 1 saturated carbocycles. The highest BCUT2D eigenvalue weighted by Gasteiger charge is 2.24. The molecule has 1 aliphatic carbocycles. The highest BCUT2D eigenvalue weighted by molar-refractivity contribution is 5.53. The number of ether oxygens (including phenoxy) is 1. The van der Waals surface area contributed by atoms with Crippen molar-refractivity contribution in [2.45, 2.75) is 31.9 Å². The maximum absolute atomic E-state index is 13.8. The topological polar surface area (TPSA) is 146 Å². The summed E-state index contributed by atoms with van der Waals surface area (Å²) in [5, 5.41) is 17.4. The molecule has 0 atom stereocenters. The molecule has 5 rings (SSSR count). The molecule has 0 bridgehead atoms. The van der Waals surface area contributed by atoms with Crippen LogP contribution in [0, 0.1) is 5.82 Å². The van der Waals surface area contributed by atoms with Crippen molar-refractivity contribution in [3.05, 3.63) is 57.8 Å². The van der Waals surface area contributed by atoms with Gasteiger partial charge >= 0.3 is 11.7 Å². The summed E-state index contributed by atoms with van der Waals surface area (Å²) in [4.78, 5) is 28.9. The van der Waals surface area contributed by atoms with Crippen molar-refractivity contribution in [1.29, 1.82) is 0 Å². The number of rotatable bonds is 7. The molecule has 4 heterocycles. The minimum Gasteiger partial charge on any atom is -0.493 e. The number of aromatic amines is 2. The molecule has 1 aliphatic rings. The molecule has 12 heteroatoms. The number of aromatic hydroxyl groups is 1. The smallest absolute Gasteiger partial charge is 0.325 e. The lowest BCUT2D eigenvalue weighted by Crippen LogP contribution is -2.12. The molecule has 11 nitrogen and oxygen atoms in total. The van der Waals surface area contributed by atoms with Gasteiger partial charge in [0.25, 0.3) is 0 Å². The van der Waals surface area contributed by atoms with Gasteiger partial charge in [0.05, 0.1) is 11.9 Å². The molecule has 1 fully saturated rings. The van der Waals surface area contributed by atoms with E-state index in [-0.39, 0.29) is 30.6 Å². The molecule has 30 heavy (non-hydrogen) atoms. The second-order valence-electron chi connectivity index (χ2n) is 6.96. The highest BCUT2D eigenvalue weighted by Crippen LogP contribution is 2.26. The van der Waals surface area contributed by atoms with Crippen molar-refractivity contribution in [2.24, 2.45) is 0 Å². The van der Waals surface area contributed by atoms with Crippen molar-refractivity contribution in [1.82, 2.24) is 34.5 Å². The van der Waals surface area contributed by atoms with Crippen LogP contribution in [0.25, 0.3) is 5.65 Å². The third kappa shape index (κ3) is 3.54. The van der Waals surface area contributed by atoms with E-state index in [4.69, 9.17) is 4.74 Å². The number of aromatic nitrogens is 7. The number of nitrogens with one attached hydrogen (secondary N) is 3. The van der Waals surface area contributed by atoms with Crippen LogP contribution in [0.15, 0.2) is 29.3 Å². The summed E-state index contributed by atoms with van der Waals surface area (Å²) < 4.78 is 21.0. The normalized spacial score (nSPS) is 13.6. The second kappa shape index (κ2) is 7.13. The monoisotopic (exact) mass is 412 g/mol. The van der Waals surface area contributed by atoms with Gasteiger partial charge in [-0.1, -0.05) is 0 Å². The largest absolute Gasteiger partial charge is 0.493 e. The van der Waals surface area contributed by atoms with Crippen LogP contribution in [0.2, 0.25) is 0 Å². The number of fused-ring (bicyclic) bond motifs is 1. The lowest BCUT2D eigenvalue weighted by atomic mass is 10.2. The Hall–Kier alpha value is -3.96. The van der Waals surface area contributed by atoms with Gasteiger partial charge < -0.3 is 20.1 Å². The van der Waals surface area contributed by atoms with E-state index in [0.29, 0.717) is 28.9 Å². The van der Waals surface area contributed by atoms with Crippen LogP contribution in [0.3, 0.4) is 0 Å². The van der Waals surface area contributed by atoms with E-state index < -0.39 is 11.5 Å². The first-order chi connectivity index (χ1) is 14.6. The molecular formula is C18H17FN8O3. The van der Waals surface area contributed by atoms with Gasteiger partial charge in [0, 0.05) is 24.2 Å². The van der Waals surface area contributed by atoms with E-state index in [1.54, 1.807) is 6.20 Å². The summed E-state index contributed by atoms with van der Waals surface area (Å²) in [5.41, 5.74) is 1.01. The van der Waals surface area contributed by atoms with Gasteiger partial charge in [-0.25, -0.2) is 9.18 Å². The molecule has 154 valence electrons. The summed E-state index contributed by atoms with van der Waals surface area (Å²) in [6, 6.07) is 3.12. The Morgan fingerprint density at radius 2 is 2.20 bits per heavy atom. The van der Waals surface area contributed by atoms with E-state index in [9.17, 15) is 14.3 Å². The average molecular weight is 412 g/mol. The third-order valence-corrected chi connectivity index (χ3v) is 4.65. The van der Waals surface area contributed by atoms with Gasteiger partial charge in [-0.3, -0.25) is 9.97 Å². The van der Waals surface area contributed by atoms with Gasteiger partial charge in [0.15, 0.2) is 5.65 Å². The lowest BCUT2D eigenvalue weighted by Gasteiger charge is -2.10. The van der Waals surface area contributed by atoms with Crippen LogP contribution < -0.4 is 15.7 Å². The molecule has 0 saturated heterocycles. The van der Waals surface area contributed by atoms with Gasteiger partial charge in [-0.15, -0.1) is 0 Å². The fourth-order valence-corrected chi connectivity index (χ4v) is 2.98. The number of H-pyrrole nitrogens is 2. The Kier molecular flexibility index (Phi) is 4.30. The molecule has 4 aromatic rings. The third-order valence-electron chi connectivity index (χ3n) is 4.65. The molecule has 0 aromatic carbocycles. The molecule has 0 radical (unpaired) electrons. The molecule has 0 aliphatic heterocycles. The number of pyridine rings is 1. The van der Waals surface area contributed by atoms with Crippen molar-refractivity contribution >= 4 is 11.6 Å². The van der Waals surface area contributed by atoms with Gasteiger partial charge in [-0.05, 0) is 25.0 Å². The Balaban J connectivity index is 1.49. The van der Waals surface area contributed by atoms with Crippen LogP contribution in [-0.4, -0.2) is 45.7 Å². The lowest BCUT2D eigenvalue weighted by molar-refractivity contribution is 0.270. The van der Waals surface area contributed by atoms with Gasteiger partial charge in [-0.2, -0.15) is 19.6 Å². The Bertz CT molecular complexity index is 1280. The first kappa shape index (κ1) is 18.1. The predicted octanol–water partition coefficient (Wildman–Crippen LogP) is 1.12. The van der Waals surface area contributed by atoms with Crippen molar-refractivity contribution in [2.75, 3.05) is 5.32 Å². The van der Waals surface area contributed by atoms with Crippen molar-refractivity contribution in [3.8, 4) is 11.9 Å². The summed E-state index contributed by atoms with van der Waals surface area (Å²) in [5.74, 6) is -0.282. The minimum atomic E-state index is -0.508. The van der Waals surface area contributed by atoms with Crippen molar-refractivity contribution < 1.29 is 14.2 Å². The van der Waals surface area contributed by atoms with Crippen LogP contribution >= 0.6 is 0 Å². The number of nitrogens with zero attached hydrogens (tertiary/aromatic N) is 5. The second-order valence-corrected chi connectivity index (χ2v) is 6.96. The number of halogens is 1. The molecular weight excluding hydrogens is 395 g/mol. The fraction of sp³-hybridized carbons (Fsp3) is 0.278. The van der Waals surface area contributed by atoms with E-state index in [1.807, 2.05) is 0 Å². The number of imidazole rings is 1. The first-order valence-corrected chi connectivity index (χ1v) is 9.30. The SMILES string of the molecule is O=c1[nH]c(O)c(Cc2cnn3c(NC4CC4)nc(OCc4ncccc4F)nc23)[nH]1. The van der Waals surface area contributed by atoms with E-state index in [2.05, 4.69) is 35.3 Å². The summed E-state index contributed by atoms with van der Waals surface area (Å²) >= 11 is 0. The van der Waals surface area contributed by atoms with Crippen molar-refractivity contribution in [3.63, 3.8) is 0 Å². The van der Waals surface area contributed by atoms with Gasteiger partial charge in [0.2, 0.25) is 11.8 Å². The number of hydrogen-bond donors (Lipinski definition) is 4. The number of anilines is 1. The molecule has 4 aromatic heterocycles. The predicted molar refractivity (Wildman–Crippen MR) is 102 cm³/mol. The van der Waals surface area contributed by atoms with E-state index in [0.717, 1.165) is 12.8 Å². The molecule has 0 unspecified atom stereocenters. The van der Waals surface area contributed by atoms with Gasteiger partial charge in [0.1, 0.15) is 18.1 Å². The van der Waals surface area contributed by atoms with Crippen LogP contribution in [0.1, 0.15) is 29.8 Å². The Morgan fingerprint density at radius 3 is 2.93 bits per heavy atom. The standard InChI is InChI=1S/C18H17FN8O3/c19-11-2-1-5-20-13(11)8-30-18-24-14-9(6-12-15(28)25-17(29)23-12)7-21-27(14)16(26-18)22-10-3-4-10/h1-2,5,7,10,28H,3-4,6,8H2,(H,22,24,26)(H2,23,25,29). The zero-order chi connectivity index (χ0) is 20.7. The Morgan fingerprint density at radius 1 is 1.33 bits per heavy atom. The zero-order valence-corrected chi connectivity index (χ0v) is 15.6. The van der Waals surface area contributed by atoms with Crippen LogP contribution in [0.4, 0.5) is 10.3 Å². The highest BCUT2D eigenvalue weighted by atomic mass is 19.1. The van der Waals surface area contributed by atoms with Crippen LogP contribution in [-0.2, 0) is 13.0 Å². The summed E-state index contributed by atoms with van der Waals surface area (Å²) in [6.45, 7) is -0.138. The Labute approximate surface area is 168 Å².